The van der Waals surface area contributed by atoms with Crippen LogP contribution in [0.1, 0.15) is 16.7 Å². The van der Waals surface area contributed by atoms with Crippen LogP contribution in [0.2, 0.25) is 0 Å². The van der Waals surface area contributed by atoms with E-state index in [0.717, 1.165) is 16.0 Å². The van der Waals surface area contributed by atoms with Crippen LogP contribution in [0.4, 0.5) is 5.69 Å². The molecule has 0 aliphatic carbocycles. The smallest absolute Gasteiger partial charge is 0.101 e. The molecule has 0 aromatic heterocycles. The number of hydrogen-bond donors (Lipinski definition) is 1. The molecule has 0 saturated heterocycles. The number of nitrogen functional groups attached to an aromatic ring is 1. The molecule has 0 radical (unpaired) electrons. The molecule has 1 unspecified atom stereocenters. The van der Waals surface area contributed by atoms with E-state index in [-0.39, 0.29) is 0 Å². The molecule has 96 valence electrons. The predicted octanol–water partition coefficient (Wildman–Crippen LogP) is 2.92. The lowest BCUT2D eigenvalue weighted by Crippen LogP contribution is -1.97. The van der Waals surface area contributed by atoms with Gasteiger partial charge in [-0.3, -0.25) is 0 Å². The molecule has 0 saturated carbocycles. The molecule has 4 heteroatoms. The fourth-order valence-electron chi connectivity index (χ4n) is 1.93. The van der Waals surface area contributed by atoms with Gasteiger partial charge >= 0.3 is 0 Å². The molecule has 0 bridgehead atoms. The first kappa shape index (κ1) is 13.3. The minimum absolute atomic E-state index is 0.359. The van der Waals surface area contributed by atoms with Gasteiger partial charge in [0.15, 0.2) is 0 Å². The van der Waals surface area contributed by atoms with Crippen LogP contribution in [0.3, 0.4) is 0 Å². The van der Waals surface area contributed by atoms with E-state index in [2.05, 4.69) is 0 Å². The molecule has 2 rings (SSSR count). The van der Waals surface area contributed by atoms with Crippen LogP contribution in [0.5, 0.6) is 0 Å². The van der Waals surface area contributed by atoms with Gasteiger partial charge in [0.2, 0.25) is 0 Å². The highest BCUT2D eigenvalue weighted by molar-refractivity contribution is 7.85. The van der Waals surface area contributed by atoms with Crippen molar-refractivity contribution in [2.45, 2.75) is 23.6 Å². The van der Waals surface area contributed by atoms with Gasteiger partial charge in [0.25, 0.3) is 0 Å². The van der Waals surface area contributed by atoms with Crippen LogP contribution < -0.4 is 5.73 Å². The molecule has 0 heterocycles. The molecule has 2 aromatic carbocycles. The Hall–Kier alpha value is -2.12. The van der Waals surface area contributed by atoms with Gasteiger partial charge in [-0.2, -0.15) is 5.26 Å². The van der Waals surface area contributed by atoms with Crippen molar-refractivity contribution in [2.24, 2.45) is 0 Å². The third kappa shape index (κ3) is 2.83. The lowest BCUT2D eigenvalue weighted by Gasteiger charge is -2.06. The van der Waals surface area contributed by atoms with Gasteiger partial charge in [-0.05, 0) is 55.3 Å². The summed E-state index contributed by atoms with van der Waals surface area (Å²) in [6.07, 6.45) is 0. The Balaban J connectivity index is 2.44. The zero-order valence-corrected chi connectivity index (χ0v) is 11.6. The third-order valence-electron chi connectivity index (χ3n) is 2.77. The number of nitrogens with zero attached hydrogens (tertiary/aromatic N) is 1. The molecule has 2 aromatic rings. The number of aryl methyl sites for hydroxylation is 2. The zero-order valence-electron chi connectivity index (χ0n) is 10.8. The standard InChI is InChI=1S/C15H14N2OS/c1-10-5-11(2)7-14(6-10)19(18)13-4-3-12(9-16)15(17)8-13/h3-8H,17H2,1-2H3. The molecule has 19 heavy (non-hydrogen) atoms. The average molecular weight is 270 g/mol. The number of anilines is 1. The van der Waals surface area contributed by atoms with Crippen molar-refractivity contribution in [1.82, 2.24) is 0 Å². The second-order valence-corrected chi connectivity index (χ2v) is 5.93. The van der Waals surface area contributed by atoms with E-state index in [9.17, 15) is 4.21 Å². The number of nitriles is 1. The van der Waals surface area contributed by atoms with E-state index in [1.165, 1.54) is 0 Å². The number of benzene rings is 2. The highest BCUT2D eigenvalue weighted by Gasteiger charge is 2.10. The van der Waals surface area contributed by atoms with Gasteiger partial charge in [0.05, 0.1) is 22.1 Å². The number of hydrogen-bond acceptors (Lipinski definition) is 3. The monoisotopic (exact) mass is 270 g/mol. The van der Waals surface area contributed by atoms with Gasteiger partial charge in [-0.15, -0.1) is 0 Å². The number of rotatable bonds is 2. The molecule has 0 aliphatic rings. The van der Waals surface area contributed by atoms with Crippen molar-refractivity contribution in [3.05, 3.63) is 53.1 Å². The highest BCUT2D eigenvalue weighted by Crippen LogP contribution is 2.22. The summed E-state index contributed by atoms with van der Waals surface area (Å²) >= 11 is 0. The first-order chi connectivity index (χ1) is 9.01. The maximum Gasteiger partial charge on any atom is 0.101 e. The summed E-state index contributed by atoms with van der Waals surface area (Å²) in [5, 5.41) is 8.83. The summed E-state index contributed by atoms with van der Waals surface area (Å²) in [5.74, 6) is 0. The van der Waals surface area contributed by atoms with Gasteiger partial charge < -0.3 is 5.73 Å². The molecule has 0 spiro atoms. The van der Waals surface area contributed by atoms with Gasteiger partial charge in [0.1, 0.15) is 6.07 Å². The molecule has 0 amide bonds. The average Bonchev–Trinajstić information content (AvgIpc) is 2.36. The van der Waals surface area contributed by atoms with Crippen molar-refractivity contribution in [2.75, 3.05) is 5.73 Å². The van der Waals surface area contributed by atoms with Crippen molar-refractivity contribution in [3.63, 3.8) is 0 Å². The van der Waals surface area contributed by atoms with Crippen LogP contribution >= 0.6 is 0 Å². The topological polar surface area (TPSA) is 66.9 Å². The van der Waals surface area contributed by atoms with Crippen molar-refractivity contribution in [3.8, 4) is 6.07 Å². The first-order valence-electron chi connectivity index (χ1n) is 5.81. The number of nitrogens with two attached hydrogens (primary N) is 1. The largest absolute Gasteiger partial charge is 0.398 e. The third-order valence-corrected chi connectivity index (χ3v) is 4.11. The first-order valence-corrected chi connectivity index (χ1v) is 6.96. The van der Waals surface area contributed by atoms with Gasteiger partial charge in [-0.25, -0.2) is 4.21 Å². The molecule has 2 N–H and O–H groups in total. The Bertz CT molecular complexity index is 682. The molecule has 0 fully saturated rings. The normalized spacial score (nSPS) is 11.8. The fraction of sp³-hybridized carbons (Fsp3) is 0.133. The minimum atomic E-state index is -1.28. The van der Waals surface area contributed by atoms with Crippen molar-refractivity contribution >= 4 is 16.5 Å². The van der Waals surface area contributed by atoms with Crippen LogP contribution in [0, 0.1) is 25.2 Å². The van der Waals surface area contributed by atoms with Crippen LogP contribution in [-0.2, 0) is 10.8 Å². The predicted molar refractivity (Wildman–Crippen MR) is 76.2 cm³/mol. The summed E-state index contributed by atoms with van der Waals surface area (Å²) in [6, 6.07) is 12.7. The maximum absolute atomic E-state index is 12.5. The van der Waals surface area contributed by atoms with E-state index in [1.807, 2.05) is 38.1 Å². The lowest BCUT2D eigenvalue weighted by atomic mass is 10.2. The minimum Gasteiger partial charge on any atom is -0.398 e. The zero-order chi connectivity index (χ0) is 14.0. The Morgan fingerprint density at radius 1 is 1.05 bits per heavy atom. The SMILES string of the molecule is Cc1cc(C)cc(S(=O)c2ccc(C#N)c(N)c2)c1. The summed E-state index contributed by atoms with van der Waals surface area (Å²) in [7, 11) is -1.28. The fourth-order valence-corrected chi connectivity index (χ4v) is 3.22. The van der Waals surface area contributed by atoms with Gasteiger partial charge in [-0.1, -0.05) is 6.07 Å². The Morgan fingerprint density at radius 2 is 1.68 bits per heavy atom. The lowest BCUT2D eigenvalue weighted by molar-refractivity contribution is 0.683. The molecule has 0 aliphatic heterocycles. The Kier molecular flexibility index (Phi) is 3.68. The summed E-state index contributed by atoms with van der Waals surface area (Å²) in [5.41, 5.74) is 8.66. The van der Waals surface area contributed by atoms with Crippen LogP contribution in [0.15, 0.2) is 46.2 Å². The quantitative estimate of drug-likeness (QED) is 0.853. The van der Waals surface area contributed by atoms with E-state index >= 15 is 0 Å². The molecule has 3 nitrogen and oxygen atoms in total. The van der Waals surface area contributed by atoms with Crippen LogP contribution in [0.25, 0.3) is 0 Å². The highest BCUT2D eigenvalue weighted by atomic mass is 32.2. The Morgan fingerprint density at radius 3 is 2.21 bits per heavy atom. The Labute approximate surface area is 115 Å². The molecular weight excluding hydrogens is 256 g/mol. The van der Waals surface area contributed by atoms with E-state index in [4.69, 9.17) is 11.0 Å². The maximum atomic E-state index is 12.5. The van der Waals surface area contributed by atoms with Gasteiger partial charge in [0, 0.05) is 9.79 Å². The van der Waals surface area contributed by atoms with Crippen molar-refractivity contribution < 1.29 is 4.21 Å². The second-order valence-electron chi connectivity index (χ2n) is 4.45. The van der Waals surface area contributed by atoms with E-state index in [0.29, 0.717) is 16.1 Å². The molecular formula is C15H14N2OS. The summed E-state index contributed by atoms with van der Waals surface area (Å²) in [6.45, 7) is 3.95. The summed E-state index contributed by atoms with van der Waals surface area (Å²) < 4.78 is 12.5. The van der Waals surface area contributed by atoms with Crippen LogP contribution in [-0.4, -0.2) is 4.21 Å². The van der Waals surface area contributed by atoms with E-state index < -0.39 is 10.8 Å². The second kappa shape index (κ2) is 5.25. The summed E-state index contributed by atoms with van der Waals surface area (Å²) in [4.78, 5) is 1.36. The molecule has 1 atom stereocenters. The van der Waals surface area contributed by atoms with E-state index in [1.54, 1.807) is 18.2 Å². The van der Waals surface area contributed by atoms with Crippen molar-refractivity contribution in [1.29, 1.82) is 5.26 Å².